The fourth-order valence-corrected chi connectivity index (χ4v) is 1.46. The third-order valence-corrected chi connectivity index (χ3v) is 2.39. The highest BCUT2D eigenvalue weighted by Crippen LogP contribution is 2.01. The van der Waals surface area contributed by atoms with Crippen molar-refractivity contribution in [3.8, 4) is 0 Å². The van der Waals surface area contributed by atoms with E-state index in [4.69, 9.17) is 14.6 Å². The zero-order valence-corrected chi connectivity index (χ0v) is 12.7. The predicted molar refractivity (Wildman–Crippen MR) is 72.6 cm³/mol. The van der Waals surface area contributed by atoms with E-state index in [1.54, 1.807) is 0 Å². The molecule has 0 aliphatic carbocycles. The molecule has 0 radical (unpaired) electrons. The van der Waals surface area contributed by atoms with E-state index in [0.29, 0.717) is 6.42 Å². The zero-order chi connectivity index (χ0) is 13.5. The van der Waals surface area contributed by atoms with Crippen LogP contribution in [-0.2, 0) is 14.3 Å². The fraction of sp³-hybridized carbons (Fsp3) is 0.917. The standard InChI is InChI=1S/C6H11BrO2.C6H14O2/c7-5-3-1-2-4-6(8)9;1-4-7-6(3)8-5-2/h1-5H2,(H,8,9);6H,4-5H2,1-3H3. The number of alkyl halides is 1. The first kappa shape index (κ1) is 19.2. The lowest BCUT2D eigenvalue weighted by molar-refractivity contribution is -0.137. The van der Waals surface area contributed by atoms with Crippen LogP contribution in [0.4, 0.5) is 0 Å². The molecule has 5 heteroatoms. The van der Waals surface area contributed by atoms with Gasteiger partial charge in [-0.3, -0.25) is 4.79 Å². The van der Waals surface area contributed by atoms with Gasteiger partial charge in [-0.1, -0.05) is 22.4 Å². The van der Waals surface area contributed by atoms with Gasteiger partial charge < -0.3 is 14.6 Å². The average Bonchev–Trinajstić information content (AvgIpc) is 2.26. The maximum atomic E-state index is 9.95. The Labute approximate surface area is 113 Å². The molecule has 0 fully saturated rings. The summed E-state index contributed by atoms with van der Waals surface area (Å²) < 4.78 is 10.1. The minimum Gasteiger partial charge on any atom is -0.481 e. The SMILES string of the molecule is CCOC(C)OCC.O=C(O)CCCCCBr. The number of unbranched alkanes of at least 4 members (excludes halogenated alkanes) is 2. The van der Waals surface area contributed by atoms with E-state index in [0.717, 1.165) is 37.8 Å². The van der Waals surface area contributed by atoms with E-state index in [1.807, 2.05) is 20.8 Å². The molecule has 0 aliphatic heterocycles. The molecule has 0 unspecified atom stereocenters. The predicted octanol–water partition coefficient (Wildman–Crippen LogP) is 3.43. The molecule has 0 heterocycles. The number of ether oxygens (including phenoxy) is 2. The van der Waals surface area contributed by atoms with Gasteiger partial charge in [0.15, 0.2) is 6.29 Å². The van der Waals surface area contributed by atoms with E-state index in [1.165, 1.54) is 0 Å². The van der Waals surface area contributed by atoms with Gasteiger partial charge in [-0.2, -0.15) is 0 Å². The quantitative estimate of drug-likeness (QED) is 0.402. The molecule has 17 heavy (non-hydrogen) atoms. The zero-order valence-electron chi connectivity index (χ0n) is 11.1. The van der Waals surface area contributed by atoms with Crippen LogP contribution in [0.15, 0.2) is 0 Å². The highest BCUT2D eigenvalue weighted by molar-refractivity contribution is 9.09. The van der Waals surface area contributed by atoms with Crippen LogP contribution < -0.4 is 0 Å². The Morgan fingerprint density at radius 3 is 2.06 bits per heavy atom. The van der Waals surface area contributed by atoms with E-state index < -0.39 is 5.97 Å². The molecule has 0 aromatic rings. The number of hydrogen-bond acceptors (Lipinski definition) is 3. The van der Waals surface area contributed by atoms with Gasteiger partial charge in [0.1, 0.15) is 0 Å². The monoisotopic (exact) mass is 312 g/mol. The lowest BCUT2D eigenvalue weighted by Crippen LogP contribution is -2.11. The first-order valence-corrected chi connectivity index (χ1v) is 7.21. The van der Waals surface area contributed by atoms with Gasteiger partial charge in [0, 0.05) is 25.0 Å². The third kappa shape index (κ3) is 21.7. The van der Waals surface area contributed by atoms with E-state index in [2.05, 4.69) is 15.9 Å². The second-order valence-corrected chi connectivity index (χ2v) is 4.16. The van der Waals surface area contributed by atoms with Gasteiger partial charge >= 0.3 is 5.97 Å². The second kappa shape index (κ2) is 15.9. The van der Waals surface area contributed by atoms with Crippen molar-refractivity contribution < 1.29 is 19.4 Å². The Hall–Kier alpha value is -0.130. The Morgan fingerprint density at radius 2 is 1.71 bits per heavy atom. The summed E-state index contributed by atoms with van der Waals surface area (Å²) in [6.45, 7) is 7.25. The summed E-state index contributed by atoms with van der Waals surface area (Å²) in [6.07, 6.45) is 3.17. The summed E-state index contributed by atoms with van der Waals surface area (Å²) in [5, 5.41) is 9.18. The van der Waals surface area contributed by atoms with Crippen molar-refractivity contribution in [2.75, 3.05) is 18.5 Å². The van der Waals surface area contributed by atoms with Crippen LogP contribution in [0.2, 0.25) is 0 Å². The van der Waals surface area contributed by atoms with Crippen LogP contribution in [0.5, 0.6) is 0 Å². The van der Waals surface area contributed by atoms with Crippen molar-refractivity contribution in [2.45, 2.75) is 52.7 Å². The first-order chi connectivity index (χ1) is 8.08. The minimum atomic E-state index is -0.690. The smallest absolute Gasteiger partial charge is 0.303 e. The summed E-state index contributed by atoms with van der Waals surface area (Å²) in [4.78, 5) is 9.95. The number of carboxylic acids is 1. The van der Waals surface area contributed by atoms with Crippen LogP contribution in [0.1, 0.15) is 46.5 Å². The van der Waals surface area contributed by atoms with Crippen molar-refractivity contribution in [3.05, 3.63) is 0 Å². The molecule has 0 aromatic heterocycles. The molecule has 104 valence electrons. The molecule has 0 atom stereocenters. The van der Waals surface area contributed by atoms with Gasteiger partial charge in [-0.15, -0.1) is 0 Å². The molecule has 0 saturated heterocycles. The number of hydrogen-bond donors (Lipinski definition) is 1. The van der Waals surface area contributed by atoms with Gasteiger partial charge in [-0.25, -0.2) is 0 Å². The summed E-state index contributed by atoms with van der Waals surface area (Å²) in [5.41, 5.74) is 0. The minimum absolute atomic E-state index is 0.0370. The van der Waals surface area contributed by atoms with Crippen molar-refractivity contribution in [2.24, 2.45) is 0 Å². The van der Waals surface area contributed by atoms with Crippen LogP contribution in [0.25, 0.3) is 0 Å². The number of halogens is 1. The lowest BCUT2D eigenvalue weighted by Gasteiger charge is -2.09. The summed E-state index contributed by atoms with van der Waals surface area (Å²) in [7, 11) is 0. The molecule has 0 saturated carbocycles. The molecule has 0 aromatic carbocycles. The van der Waals surface area contributed by atoms with Crippen LogP contribution >= 0.6 is 15.9 Å². The molecule has 0 spiro atoms. The van der Waals surface area contributed by atoms with Crippen molar-refractivity contribution in [1.82, 2.24) is 0 Å². The van der Waals surface area contributed by atoms with Gasteiger partial charge in [0.2, 0.25) is 0 Å². The normalized spacial score (nSPS) is 9.94. The van der Waals surface area contributed by atoms with Crippen LogP contribution in [0.3, 0.4) is 0 Å². The van der Waals surface area contributed by atoms with Crippen LogP contribution in [-0.4, -0.2) is 35.9 Å². The number of aliphatic carboxylic acids is 1. The maximum Gasteiger partial charge on any atom is 0.303 e. The Bertz CT molecular complexity index is 159. The molecule has 0 rings (SSSR count). The molecular formula is C12H25BrO4. The van der Waals surface area contributed by atoms with E-state index in [9.17, 15) is 4.79 Å². The topological polar surface area (TPSA) is 55.8 Å². The van der Waals surface area contributed by atoms with E-state index in [-0.39, 0.29) is 6.29 Å². The molecule has 4 nitrogen and oxygen atoms in total. The largest absolute Gasteiger partial charge is 0.481 e. The second-order valence-electron chi connectivity index (χ2n) is 3.37. The highest BCUT2D eigenvalue weighted by Gasteiger charge is 1.95. The molecule has 1 N–H and O–H groups in total. The van der Waals surface area contributed by atoms with Crippen molar-refractivity contribution >= 4 is 21.9 Å². The Balaban J connectivity index is 0. The summed E-state index contributed by atoms with van der Waals surface area (Å²) in [5.74, 6) is -0.690. The van der Waals surface area contributed by atoms with Crippen molar-refractivity contribution in [1.29, 1.82) is 0 Å². The first-order valence-electron chi connectivity index (χ1n) is 6.09. The maximum absolute atomic E-state index is 9.95. The van der Waals surface area contributed by atoms with E-state index >= 15 is 0 Å². The Morgan fingerprint density at radius 1 is 1.18 bits per heavy atom. The number of carboxylic acid groups (broad SMARTS) is 1. The highest BCUT2D eigenvalue weighted by atomic mass is 79.9. The van der Waals surface area contributed by atoms with Crippen molar-refractivity contribution in [3.63, 3.8) is 0 Å². The fourth-order valence-electron chi connectivity index (χ4n) is 1.07. The molecular weight excluding hydrogens is 288 g/mol. The van der Waals surface area contributed by atoms with Gasteiger partial charge in [0.05, 0.1) is 0 Å². The number of carbonyl (C=O) groups is 1. The van der Waals surface area contributed by atoms with Gasteiger partial charge in [-0.05, 0) is 33.6 Å². The summed E-state index contributed by atoms with van der Waals surface area (Å²) in [6, 6.07) is 0. The summed E-state index contributed by atoms with van der Waals surface area (Å²) >= 11 is 3.27. The van der Waals surface area contributed by atoms with Crippen LogP contribution in [0, 0.1) is 0 Å². The molecule has 0 amide bonds. The molecule has 0 aliphatic rings. The molecule has 0 bridgehead atoms. The third-order valence-electron chi connectivity index (χ3n) is 1.83. The lowest BCUT2D eigenvalue weighted by atomic mass is 10.2. The number of rotatable bonds is 9. The average molecular weight is 313 g/mol. The Kier molecular flexibility index (Phi) is 17.9. The van der Waals surface area contributed by atoms with Gasteiger partial charge in [0.25, 0.3) is 0 Å².